The van der Waals surface area contributed by atoms with Crippen LogP contribution in [0.15, 0.2) is 55.0 Å². The minimum absolute atomic E-state index is 0.226. The van der Waals surface area contributed by atoms with Crippen molar-refractivity contribution in [1.29, 1.82) is 0 Å². The van der Waals surface area contributed by atoms with Crippen molar-refractivity contribution in [3.05, 3.63) is 60.6 Å². The Bertz CT molecular complexity index is 825. The van der Waals surface area contributed by atoms with Gasteiger partial charge in [0.15, 0.2) is 0 Å². The highest BCUT2D eigenvalue weighted by Crippen LogP contribution is 2.24. The summed E-state index contributed by atoms with van der Waals surface area (Å²) in [6, 6.07) is 12.3. The second kappa shape index (κ2) is 6.84. The van der Waals surface area contributed by atoms with Crippen LogP contribution in [0.5, 0.6) is 5.75 Å². The second-order valence-corrected chi connectivity index (χ2v) is 5.95. The molecule has 0 bridgehead atoms. The Morgan fingerprint density at radius 3 is 3.04 bits per heavy atom. The van der Waals surface area contributed by atoms with Crippen molar-refractivity contribution in [2.24, 2.45) is 0 Å². The van der Waals surface area contributed by atoms with E-state index in [9.17, 15) is 0 Å². The number of benzene rings is 1. The molecule has 3 aromatic rings. The molecule has 2 N–H and O–H groups in total. The molecule has 3 heterocycles. The molecule has 0 saturated carbocycles. The first-order valence-electron chi connectivity index (χ1n) is 8.28. The van der Waals surface area contributed by atoms with Crippen LogP contribution < -0.4 is 15.4 Å². The van der Waals surface area contributed by atoms with Crippen LogP contribution in [0.3, 0.4) is 0 Å². The second-order valence-electron chi connectivity index (χ2n) is 5.95. The monoisotopic (exact) mass is 320 g/mol. The molecule has 24 heavy (non-hydrogen) atoms. The van der Waals surface area contributed by atoms with Gasteiger partial charge in [-0.05, 0) is 30.5 Å². The number of nitrogens with one attached hydrogen (secondary N) is 2. The van der Waals surface area contributed by atoms with E-state index in [4.69, 9.17) is 4.74 Å². The van der Waals surface area contributed by atoms with Crippen molar-refractivity contribution in [3.8, 4) is 5.75 Å². The van der Waals surface area contributed by atoms with Crippen molar-refractivity contribution in [1.82, 2.24) is 15.3 Å². The van der Waals surface area contributed by atoms with Gasteiger partial charge in [-0.25, -0.2) is 4.98 Å². The Hall–Kier alpha value is -2.66. The highest BCUT2D eigenvalue weighted by atomic mass is 16.5. The fourth-order valence-corrected chi connectivity index (χ4v) is 3.01. The van der Waals surface area contributed by atoms with E-state index in [-0.39, 0.29) is 6.10 Å². The molecular weight excluding hydrogens is 300 g/mol. The van der Waals surface area contributed by atoms with Gasteiger partial charge in [-0.1, -0.05) is 24.3 Å². The van der Waals surface area contributed by atoms with Gasteiger partial charge in [-0.3, -0.25) is 4.98 Å². The minimum Gasteiger partial charge on any atom is -0.487 e. The van der Waals surface area contributed by atoms with Gasteiger partial charge < -0.3 is 15.4 Å². The lowest BCUT2D eigenvalue weighted by atomic mass is 10.1. The average molecular weight is 320 g/mol. The maximum Gasteiger partial charge on any atom is 0.143 e. The molecule has 0 radical (unpaired) electrons. The number of pyridine rings is 2. The van der Waals surface area contributed by atoms with Crippen LogP contribution in [0.1, 0.15) is 12.0 Å². The maximum absolute atomic E-state index is 6.10. The molecule has 0 spiro atoms. The van der Waals surface area contributed by atoms with Gasteiger partial charge in [-0.15, -0.1) is 0 Å². The number of nitrogens with zero attached hydrogens (tertiary/aromatic N) is 2. The number of anilines is 1. The normalized spacial score (nSPS) is 17.1. The molecule has 1 aliphatic rings. The Morgan fingerprint density at radius 1 is 1.17 bits per heavy atom. The summed E-state index contributed by atoms with van der Waals surface area (Å²) in [7, 11) is 0. The first kappa shape index (κ1) is 14.9. The lowest BCUT2D eigenvalue weighted by molar-refractivity contribution is 0.220. The quantitative estimate of drug-likeness (QED) is 0.757. The molecule has 4 rings (SSSR count). The van der Waals surface area contributed by atoms with E-state index >= 15 is 0 Å². The Labute approximate surface area is 141 Å². The van der Waals surface area contributed by atoms with Gasteiger partial charge in [0.1, 0.15) is 17.7 Å². The fourth-order valence-electron chi connectivity index (χ4n) is 3.01. The van der Waals surface area contributed by atoms with E-state index in [2.05, 4.69) is 32.7 Å². The zero-order chi connectivity index (χ0) is 16.2. The van der Waals surface area contributed by atoms with Crippen molar-refractivity contribution in [2.75, 3.05) is 18.4 Å². The van der Waals surface area contributed by atoms with Crippen LogP contribution in [0.2, 0.25) is 0 Å². The van der Waals surface area contributed by atoms with E-state index in [0.717, 1.165) is 42.0 Å². The zero-order valence-electron chi connectivity index (χ0n) is 13.4. The molecule has 122 valence electrons. The molecule has 0 amide bonds. The topological polar surface area (TPSA) is 59.1 Å². The predicted molar refractivity (Wildman–Crippen MR) is 95.2 cm³/mol. The SMILES string of the molecule is c1ccc2c(NCc3ccncc3O[C@H]3CCNC3)nccc2c1. The Balaban J connectivity index is 1.53. The van der Waals surface area contributed by atoms with Gasteiger partial charge in [0.2, 0.25) is 0 Å². The summed E-state index contributed by atoms with van der Waals surface area (Å²) < 4.78 is 6.10. The van der Waals surface area contributed by atoms with Crippen LogP contribution in [0.4, 0.5) is 5.82 Å². The predicted octanol–water partition coefficient (Wildman–Crippen LogP) is 2.98. The summed E-state index contributed by atoms with van der Waals surface area (Å²) in [5.74, 6) is 1.73. The van der Waals surface area contributed by atoms with Crippen molar-refractivity contribution in [2.45, 2.75) is 19.1 Å². The maximum atomic E-state index is 6.10. The lowest BCUT2D eigenvalue weighted by Gasteiger charge is -2.16. The molecule has 5 nitrogen and oxygen atoms in total. The first-order valence-corrected chi connectivity index (χ1v) is 8.28. The third-order valence-electron chi connectivity index (χ3n) is 4.30. The molecule has 1 aliphatic heterocycles. The van der Waals surface area contributed by atoms with Crippen molar-refractivity contribution < 1.29 is 4.74 Å². The van der Waals surface area contributed by atoms with Gasteiger partial charge >= 0.3 is 0 Å². The summed E-state index contributed by atoms with van der Waals surface area (Å²) >= 11 is 0. The van der Waals surface area contributed by atoms with Crippen LogP contribution >= 0.6 is 0 Å². The molecule has 2 aromatic heterocycles. The largest absolute Gasteiger partial charge is 0.487 e. The van der Waals surface area contributed by atoms with Gasteiger partial charge in [0, 0.05) is 36.4 Å². The van der Waals surface area contributed by atoms with Crippen LogP contribution in [-0.4, -0.2) is 29.2 Å². The Morgan fingerprint density at radius 2 is 2.12 bits per heavy atom. The molecule has 1 saturated heterocycles. The standard InChI is InChI=1S/C19H20N4O/c1-2-4-17-14(3-1)6-10-22-19(17)23-11-15-5-8-21-13-18(15)24-16-7-9-20-12-16/h1-6,8,10,13,16,20H,7,9,11-12H2,(H,22,23)/t16-/m0/s1. The van der Waals surface area contributed by atoms with E-state index < -0.39 is 0 Å². The summed E-state index contributed by atoms with van der Waals surface area (Å²) in [6.07, 6.45) is 6.69. The first-order chi connectivity index (χ1) is 11.9. The number of fused-ring (bicyclic) bond motifs is 1. The molecule has 5 heteroatoms. The molecule has 1 aromatic carbocycles. The van der Waals surface area contributed by atoms with Crippen molar-refractivity contribution >= 4 is 16.6 Å². The van der Waals surface area contributed by atoms with E-state index in [0.29, 0.717) is 6.54 Å². The number of rotatable bonds is 5. The summed E-state index contributed by atoms with van der Waals surface area (Å²) in [4.78, 5) is 8.68. The molecule has 1 atom stereocenters. The molecule has 1 fully saturated rings. The van der Waals surface area contributed by atoms with E-state index in [1.165, 1.54) is 5.39 Å². The van der Waals surface area contributed by atoms with Gasteiger partial charge in [0.05, 0.1) is 6.20 Å². The van der Waals surface area contributed by atoms with Crippen LogP contribution in [-0.2, 0) is 6.54 Å². The van der Waals surface area contributed by atoms with E-state index in [1.54, 1.807) is 12.4 Å². The van der Waals surface area contributed by atoms with Crippen LogP contribution in [0.25, 0.3) is 10.8 Å². The smallest absolute Gasteiger partial charge is 0.143 e. The van der Waals surface area contributed by atoms with E-state index in [1.807, 2.05) is 30.5 Å². The third-order valence-corrected chi connectivity index (χ3v) is 4.30. The summed E-state index contributed by atoms with van der Waals surface area (Å²) in [6.45, 7) is 2.56. The number of ether oxygens (including phenoxy) is 1. The molecule has 0 unspecified atom stereocenters. The Kier molecular flexibility index (Phi) is 4.25. The summed E-state index contributed by atoms with van der Waals surface area (Å²) in [5.41, 5.74) is 1.09. The average Bonchev–Trinajstić information content (AvgIpc) is 3.14. The number of aromatic nitrogens is 2. The van der Waals surface area contributed by atoms with Crippen molar-refractivity contribution in [3.63, 3.8) is 0 Å². The zero-order valence-corrected chi connectivity index (χ0v) is 13.4. The number of hydrogen-bond acceptors (Lipinski definition) is 5. The molecule has 0 aliphatic carbocycles. The highest BCUT2D eigenvalue weighted by molar-refractivity contribution is 5.91. The highest BCUT2D eigenvalue weighted by Gasteiger charge is 2.17. The van der Waals surface area contributed by atoms with Gasteiger partial charge in [0.25, 0.3) is 0 Å². The summed E-state index contributed by atoms with van der Waals surface area (Å²) in [5, 5.41) is 9.05. The van der Waals surface area contributed by atoms with Crippen LogP contribution in [0, 0.1) is 0 Å². The molecular formula is C19H20N4O. The lowest BCUT2D eigenvalue weighted by Crippen LogP contribution is -2.20. The third kappa shape index (κ3) is 3.16. The van der Waals surface area contributed by atoms with Gasteiger partial charge in [-0.2, -0.15) is 0 Å². The number of hydrogen-bond donors (Lipinski definition) is 2. The minimum atomic E-state index is 0.226. The fraction of sp³-hybridized carbons (Fsp3) is 0.263.